The fourth-order valence-electron chi connectivity index (χ4n) is 2.21. The molecule has 114 valence electrons. The van der Waals surface area contributed by atoms with Crippen molar-refractivity contribution >= 4 is 46.6 Å². The molecule has 0 N–H and O–H groups in total. The molecule has 5 nitrogen and oxygen atoms in total. The van der Waals surface area contributed by atoms with E-state index in [1.807, 2.05) is 6.92 Å². The van der Waals surface area contributed by atoms with Gasteiger partial charge < -0.3 is 4.90 Å². The number of carbonyl (C=O) groups excluding carboxylic acids is 1. The summed E-state index contributed by atoms with van der Waals surface area (Å²) in [6.45, 7) is 4.60. The summed E-state index contributed by atoms with van der Waals surface area (Å²) >= 11 is 13.8. The molecule has 1 aliphatic rings. The lowest BCUT2D eigenvalue weighted by molar-refractivity contribution is -0.384. The van der Waals surface area contributed by atoms with Gasteiger partial charge in [-0.3, -0.25) is 14.9 Å². The Hall–Kier alpha value is -0.980. The summed E-state index contributed by atoms with van der Waals surface area (Å²) in [5.41, 5.74) is -0.151. The zero-order chi connectivity index (χ0) is 15.7. The summed E-state index contributed by atoms with van der Waals surface area (Å²) in [5, 5.41) is 11.3. The highest BCUT2D eigenvalue weighted by atomic mass is 35.5. The quantitative estimate of drug-likeness (QED) is 0.601. The van der Waals surface area contributed by atoms with E-state index < -0.39 is 4.92 Å². The third-order valence-corrected chi connectivity index (χ3v) is 5.74. The van der Waals surface area contributed by atoms with Crippen LogP contribution in [0.4, 0.5) is 5.69 Å². The summed E-state index contributed by atoms with van der Waals surface area (Å²) < 4.78 is 0. The Morgan fingerprint density at radius 1 is 1.43 bits per heavy atom. The number of benzene rings is 1. The molecule has 0 radical (unpaired) electrons. The van der Waals surface area contributed by atoms with Gasteiger partial charge in [-0.1, -0.05) is 30.1 Å². The minimum Gasteiger partial charge on any atom is -0.334 e. The van der Waals surface area contributed by atoms with E-state index in [2.05, 4.69) is 6.92 Å². The number of nitro benzene ring substituents is 1. The van der Waals surface area contributed by atoms with Gasteiger partial charge in [-0.25, -0.2) is 0 Å². The van der Waals surface area contributed by atoms with E-state index in [0.29, 0.717) is 11.8 Å². The highest BCUT2D eigenvalue weighted by Crippen LogP contribution is 2.33. The van der Waals surface area contributed by atoms with Crippen molar-refractivity contribution in [3.05, 3.63) is 37.9 Å². The molecule has 2 rings (SSSR count). The van der Waals surface area contributed by atoms with Crippen molar-refractivity contribution in [2.45, 2.75) is 25.1 Å². The zero-order valence-corrected chi connectivity index (χ0v) is 13.8. The fraction of sp³-hybridized carbons (Fsp3) is 0.462. The van der Waals surface area contributed by atoms with Crippen LogP contribution in [0.2, 0.25) is 10.0 Å². The lowest BCUT2D eigenvalue weighted by Crippen LogP contribution is -2.48. The first-order valence-corrected chi connectivity index (χ1v) is 8.19. The van der Waals surface area contributed by atoms with Crippen LogP contribution < -0.4 is 0 Å². The monoisotopic (exact) mass is 348 g/mol. The van der Waals surface area contributed by atoms with Crippen molar-refractivity contribution < 1.29 is 9.72 Å². The maximum atomic E-state index is 12.7. The van der Waals surface area contributed by atoms with Crippen molar-refractivity contribution in [3.63, 3.8) is 0 Å². The van der Waals surface area contributed by atoms with E-state index in [0.717, 1.165) is 11.8 Å². The highest BCUT2D eigenvalue weighted by Gasteiger charge is 2.31. The van der Waals surface area contributed by atoms with E-state index >= 15 is 0 Å². The minimum absolute atomic E-state index is 0.0151. The molecule has 1 aromatic carbocycles. The number of carbonyl (C=O) groups is 1. The smallest absolute Gasteiger partial charge is 0.271 e. The molecule has 0 saturated carbocycles. The third kappa shape index (κ3) is 3.27. The average molecular weight is 349 g/mol. The lowest BCUT2D eigenvalue weighted by atomic mass is 10.1. The molecule has 1 fully saturated rings. The Morgan fingerprint density at radius 3 is 2.71 bits per heavy atom. The molecule has 0 aromatic heterocycles. The largest absolute Gasteiger partial charge is 0.334 e. The minimum atomic E-state index is -0.586. The van der Waals surface area contributed by atoms with E-state index in [4.69, 9.17) is 23.2 Å². The van der Waals surface area contributed by atoms with Gasteiger partial charge in [-0.05, 0) is 6.92 Å². The second-order valence-electron chi connectivity index (χ2n) is 4.86. The molecule has 8 heteroatoms. The summed E-state index contributed by atoms with van der Waals surface area (Å²) in [7, 11) is 0. The van der Waals surface area contributed by atoms with E-state index in [1.165, 1.54) is 6.07 Å². The number of rotatable bonds is 2. The van der Waals surface area contributed by atoms with E-state index in [-0.39, 0.29) is 33.2 Å². The molecule has 1 heterocycles. The van der Waals surface area contributed by atoms with Gasteiger partial charge in [0.25, 0.3) is 11.6 Å². The van der Waals surface area contributed by atoms with Gasteiger partial charge >= 0.3 is 0 Å². The van der Waals surface area contributed by atoms with E-state index in [1.54, 1.807) is 16.7 Å². The van der Waals surface area contributed by atoms with Crippen LogP contribution in [0, 0.1) is 10.1 Å². The number of non-ortho nitro benzene ring substituents is 1. The molecular weight excluding hydrogens is 335 g/mol. The maximum absolute atomic E-state index is 12.7. The Kier molecular flexibility index (Phi) is 5.01. The molecule has 0 bridgehead atoms. The summed E-state index contributed by atoms with van der Waals surface area (Å²) in [4.78, 5) is 24.7. The summed E-state index contributed by atoms with van der Waals surface area (Å²) in [6.07, 6.45) is 0. The van der Waals surface area contributed by atoms with Crippen LogP contribution in [0.5, 0.6) is 0 Å². The lowest BCUT2D eigenvalue weighted by Gasteiger charge is -2.37. The average Bonchev–Trinajstić information content (AvgIpc) is 2.43. The zero-order valence-electron chi connectivity index (χ0n) is 11.5. The first-order valence-electron chi connectivity index (χ1n) is 6.39. The standard InChI is InChI=1S/C13H14Cl2N2O3S/c1-7-8(2)21-4-3-16(7)13(18)10-5-9(17(19)20)6-11(14)12(10)15/h5-8H,3-4H2,1-2H3. The molecule has 1 aromatic rings. The van der Waals surface area contributed by atoms with Gasteiger partial charge in [0.05, 0.1) is 20.5 Å². The van der Waals surface area contributed by atoms with Crippen molar-refractivity contribution in [2.24, 2.45) is 0 Å². The van der Waals surface area contributed by atoms with Gasteiger partial charge in [0.15, 0.2) is 0 Å². The predicted octanol–water partition coefficient (Wildman–Crippen LogP) is 3.87. The summed E-state index contributed by atoms with van der Waals surface area (Å²) in [6, 6.07) is 2.37. The van der Waals surface area contributed by atoms with E-state index in [9.17, 15) is 14.9 Å². The number of thioether (sulfide) groups is 1. The van der Waals surface area contributed by atoms with Gasteiger partial charge in [-0.15, -0.1) is 0 Å². The van der Waals surface area contributed by atoms with Crippen molar-refractivity contribution in [2.75, 3.05) is 12.3 Å². The SMILES string of the molecule is CC1SCCN(C(=O)c2cc([N+](=O)[O-])cc(Cl)c2Cl)C1C. The fourth-order valence-corrected chi connectivity index (χ4v) is 3.71. The highest BCUT2D eigenvalue weighted by molar-refractivity contribution is 8.00. The van der Waals surface area contributed by atoms with Crippen LogP contribution >= 0.6 is 35.0 Å². The number of hydrogen-bond donors (Lipinski definition) is 0. The number of nitrogens with zero attached hydrogens (tertiary/aromatic N) is 2. The number of hydrogen-bond acceptors (Lipinski definition) is 4. The topological polar surface area (TPSA) is 63.5 Å². The Labute approximate surface area is 136 Å². The first kappa shape index (κ1) is 16.4. The number of nitro groups is 1. The Morgan fingerprint density at radius 2 is 2.10 bits per heavy atom. The van der Waals surface area contributed by atoms with Gasteiger partial charge in [0.1, 0.15) is 0 Å². The van der Waals surface area contributed by atoms with Crippen molar-refractivity contribution in [3.8, 4) is 0 Å². The normalized spacial score (nSPS) is 22.2. The van der Waals surface area contributed by atoms with Crippen LogP contribution in [0.15, 0.2) is 12.1 Å². The summed E-state index contributed by atoms with van der Waals surface area (Å²) in [5.74, 6) is 0.516. The molecule has 2 unspecified atom stereocenters. The molecular formula is C13H14Cl2N2O3S. The predicted molar refractivity (Wildman–Crippen MR) is 85.5 cm³/mol. The maximum Gasteiger partial charge on any atom is 0.271 e. The first-order chi connectivity index (χ1) is 9.82. The van der Waals surface area contributed by atoms with Crippen molar-refractivity contribution in [1.29, 1.82) is 0 Å². The second kappa shape index (κ2) is 6.42. The van der Waals surface area contributed by atoms with Crippen LogP contribution in [-0.2, 0) is 0 Å². The number of halogens is 2. The van der Waals surface area contributed by atoms with Crippen LogP contribution in [0.25, 0.3) is 0 Å². The third-order valence-electron chi connectivity index (χ3n) is 3.60. The number of amides is 1. The molecule has 1 amide bonds. The molecule has 0 spiro atoms. The van der Waals surface area contributed by atoms with Gasteiger partial charge in [0, 0.05) is 35.7 Å². The Bertz CT molecular complexity index is 597. The van der Waals surface area contributed by atoms with Crippen LogP contribution in [0.3, 0.4) is 0 Å². The van der Waals surface area contributed by atoms with Gasteiger partial charge in [-0.2, -0.15) is 11.8 Å². The molecule has 2 atom stereocenters. The van der Waals surface area contributed by atoms with Crippen LogP contribution in [-0.4, -0.2) is 39.3 Å². The van der Waals surface area contributed by atoms with Crippen molar-refractivity contribution in [1.82, 2.24) is 4.90 Å². The molecule has 0 aliphatic carbocycles. The van der Waals surface area contributed by atoms with Crippen LogP contribution in [0.1, 0.15) is 24.2 Å². The Balaban J connectivity index is 2.41. The van der Waals surface area contributed by atoms with Gasteiger partial charge in [0.2, 0.25) is 0 Å². The second-order valence-corrected chi connectivity index (χ2v) is 7.13. The molecule has 21 heavy (non-hydrogen) atoms. The molecule has 1 aliphatic heterocycles. The molecule has 1 saturated heterocycles.